The molecule has 1 heterocycles. The minimum atomic E-state index is -0.173. The van der Waals surface area contributed by atoms with Crippen molar-refractivity contribution in [3.05, 3.63) is 58.3 Å². The highest BCUT2D eigenvalue weighted by Gasteiger charge is 2.07. The Morgan fingerprint density at radius 2 is 2.05 bits per heavy atom. The third-order valence-electron chi connectivity index (χ3n) is 2.97. The molecule has 2 aromatic rings. The molecule has 0 saturated heterocycles. The summed E-state index contributed by atoms with van der Waals surface area (Å²) in [7, 11) is 0. The second-order valence-electron chi connectivity index (χ2n) is 4.63. The van der Waals surface area contributed by atoms with E-state index >= 15 is 0 Å². The lowest BCUT2D eigenvalue weighted by molar-refractivity contribution is 0.0946. The zero-order valence-electron chi connectivity index (χ0n) is 11.9. The Hall–Kier alpha value is -1.88. The van der Waals surface area contributed by atoms with E-state index in [-0.39, 0.29) is 5.91 Å². The van der Waals surface area contributed by atoms with E-state index in [1.807, 2.05) is 30.3 Å². The zero-order chi connectivity index (χ0) is 15.1. The zero-order valence-corrected chi connectivity index (χ0v) is 13.5. The minimum Gasteiger partial charge on any atom is -0.384 e. The number of pyridine rings is 1. The summed E-state index contributed by atoms with van der Waals surface area (Å²) in [6, 6.07) is 11.4. The van der Waals surface area contributed by atoms with Gasteiger partial charge in [0.1, 0.15) is 5.69 Å². The van der Waals surface area contributed by atoms with Gasteiger partial charge >= 0.3 is 0 Å². The molecule has 0 unspecified atom stereocenters. The topological polar surface area (TPSA) is 54.0 Å². The minimum absolute atomic E-state index is 0.173. The first kappa shape index (κ1) is 15.5. The molecule has 1 aromatic carbocycles. The smallest absolute Gasteiger partial charge is 0.270 e. The molecule has 1 aromatic heterocycles. The second kappa shape index (κ2) is 7.78. The standard InChI is InChI=1S/C16H18BrN3O/c1-2-9-18-13-7-8-15(19-11-13)16(21)20-10-12-5-3-4-6-14(12)17/h3-8,11,18H,2,9-10H2,1H3,(H,20,21). The van der Waals surface area contributed by atoms with Gasteiger partial charge in [0.05, 0.1) is 11.9 Å². The third kappa shape index (κ3) is 4.56. The van der Waals surface area contributed by atoms with E-state index in [9.17, 15) is 4.79 Å². The molecule has 0 aliphatic carbocycles. The molecule has 0 bridgehead atoms. The lowest BCUT2D eigenvalue weighted by Crippen LogP contribution is -2.23. The van der Waals surface area contributed by atoms with E-state index in [4.69, 9.17) is 0 Å². The monoisotopic (exact) mass is 347 g/mol. The van der Waals surface area contributed by atoms with Gasteiger partial charge in [-0.25, -0.2) is 4.98 Å². The maximum absolute atomic E-state index is 12.0. The number of carbonyl (C=O) groups excluding carboxylic acids is 1. The average molecular weight is 348 g/mol. The summed E-state index contributed by atoms with van der Waals surface area (Å²) in [4.78, 5) is 16.2. The Morgan fingerprint density at radius 3 is 2.71 bits per heavy atom. The highest BCUT2D eigenvalue weighted by atomic mass is 79.9. The van der Waals surface area contributed by atoms with Crippen molar-refractivity contribution in [2.24, 2.45) is 0 Å². The summed E-state index contributed by atoms with van der Waals surface area (Å²) < 4.78 is 0.984. The van der Waals surface area contributed by atoms with Gasteiger partial charge in [0.2, 0.25) is 0 Å². The molecule has 0 aliphatic rings. The van der Waals surface area contributed by atoms with E-state index in [0.29, 0.717) is 12.2 Å². The van der Waals surface area contributed by atoms with E-state index in [1.54, 1.807) is 12.3 Å². The lowest BCUT2D eigenvalue weighted by atomic mass is 10.2. The predicted octanol–water partition coefficient (Wildman–Crippen LogP) is 3.60. The van der Waals surface area contributed by atoms with Gasteiger partial charge in [0, 0.05) is 17.6 Å². The number of carbonyl (C=O) groups is 1. The summed E-state index contributed by atoms with van der Waals surface area (Å²) in [6.07, 6.45) is 2.73. The van der Waals surface area contributed by atoms with Crippen LogP contribution in [-0.2, 0) is 6.54 Å². The van der Waals surface area contributed by atoms with Crippen LogP contribution in [0.3, 0.4) is 0 Å². The number of hydrogen-bond acceptors (Lipinski definition) is 3. The van der Waals surface area contributed by atoms with Gasteiger partial charge in [-0.05, 0) is 30.2 Å². The van der Waals surface area contributed by atoms with Crippen LogP contribution in [0.5, 0.6) is 0 Å². The Morgan fingerprint density at radius 1 is 1.24 bits per heavy atom. The van der Waals surface area contributed by atoms with Crippen molar-refractivity contribution in [3.8, 4) is 0 Å². The molecule has 1 amide bonds. The molecule has 2 rings (SSSR count). The van der Waals surface area contributed by atoms with Crippen LogP contribution in [0, 0.1) is 0 Å². The lowest BCUT2D eigenvalue weighted by Gasteiger charge is -2.08. The number of nitrogens with one attached hydrogen (secondary N) is 2. The molecule has 0 aliphatic heterocycles. The summed E-state index contributed by atoms with van der Waals surface area (Å²) in [5.74, 6) is -0.173. The molecule has 4 nitrogen and oxygen atoms in total. The molecule has 21 heavy (non-hydrogen) atoms. The molecule has 0 spiro atoms. The average Bonchev–Trinajstić information content (AvgIpc) is 2.52. The predicted molar refractivity (Wildman–Crippen MR) is 88.3 cm³/mol. The molecule has 0 saturated carbocycles. The van der Waals surface area contributed by atoms with Crippen LogP contribution in [0.2, 0.25) is 0 Å². The van der Waals surface area contributed by atoms with Crippen molar-refractivity contribution in [2.75, 3.05) is 11.9 Å². The molecule has 110 valence electrons. The molecule has 0 atom stereocenters. The van der Waals surface area contributed by atoms with E-state index in [1.165, 1.54) is 0 Å². The summed E-state index contributed by atoms with van der Waals surface area (Å²) in [6.45, 7) is 3.47. The number of amides is 1. The van der Waals surface area contributed by atoms with E-state index in [0.717, 1.165) is 28.7 Å². The van der Waals surface area contributed by atoms with Crippen LogP contribution in [0.25, 0.3) is 0 Å². The van der Waals surface area contributed by atoms with E-state index in [2.05, 4.69) is 38.5 Å². The first-order valence-corrected chi connectivity index (χ1v) is 7.71. The van der Waals surface area contributed by atoms with Crippen molar-refractivity contribution < 1.29 is 4.79 Å². The van der Waals surface area contributed by atoms with Crippen molar-refractivity contribution in [3.63, 3.8) is 0 Å². The summed E-state index contributed by atoms with van der Waals surface area (Å²) >= 11 is 3.46. The molecule has 0 fully saturated rings. The largest absolute Gasteiger partial charge is 0.384 e. The maximum atomic E-state index is 12.0. The van der Waals surface area contributed by atoms with E-state index < -0.39 is 0 Å². The first-order valence-electron chi connectivity index (χ1n) is 6.92. The number of anilines is 1. The van der Waals surface area contributed by atoms with Crippen LogP contribution in [0.1, 0.15) is 29.4 Å². The Kier molecular flexibility index (Phi) is 5.75. The Labute approximate surface area is 133 Å². The van der Waals surface area contributed by atoms with Gasteiger partial charge in [-0.15, -0.1) is 0 Å². The van der Waals surface area contributed by atoms with Gasteiger partial charge in [-0.1, -0.05) is 41.1 Å². The highest BCUT2D eigenvalue weighted by Crippen LogP contribution is 2.15. The molecular formula is C16H18BrN3O. The van der Waals surface area contributed by atoms with Gasteiger partial charge < -0.3 is 10.6 Å². The van der Waals surface area contributed by atoms with Gasteiger partial charge in [-0.3, -0.25) is 4.79 Å². The highest BCUT2D eigenvalue weighted by molar-refractivity contribution is 9.10. The molecular weight excluding hydrogens is 330 g/mol. The number of nitrogens with zero attached hydrogens (tertiary/aromatic N) is 1. The van der Waals surface area contributed by atoms with Gasteiger partial charge in [0.15, 0.2) is 0 Å². The molecule has 2 N–H and O–H groups in total. The maximum Gasteiger partial charge on any atom is 0.270 e. The SMILES string of the molecule is CCCNc1ccc(C(=O)NCc2ccccc2Br)nc1. The number of benzene rings is 1. The van der Waals surface area contributed by atoms with Crippen LogP contribution >= 0.6 is 15.9 Å². The Bertz CT molecular complexity index is 599. The molecule has 5 heteroatoms. The van der Waals surface area contributed by atoms with Crippen molar-refractivity contribution >= 4 is 27.5 Å². The van der Waals surface area contributed by atoms with Crippen LogP contribution in [-0.4, -0.2) is 17.4 Å². The quantitative estimate of drug-likeness (QED) is 0.839. The fraction of sp³-hybridized carbons (Fsp3) is 0.250. The fourth-order valence-electron chi connectivity index (χ4n) is 1.81. The third-order valence-corrected chi connectivity index (χ3v) is 3.75. The molecule has 0 radical (unpaired) electrons. The number of rotatable bonds is 6. The number of hydrogen-bond donors (Lipinski definition) is 2. The van der Waals surface area contributed by atoms with Crippen LogP contribution < -0.4 is 10.6 Å². The van der Waals surface area contributed by atoms with Crippen molar-refractivity contribution in [2.45, 2.75) is 19.9 Å². The van der Waals surface area contributed by atoms with Gasteiger partial charge in [-0.2, -0.15) is 0 Å². The normalized spacial score (nSPS) is 10.2. The van der Waals surface area contributed by atoms with Crippen LogP contribution in [0.15, 0.2) is 47.1 Å². The first-order chi connectivity index (χ1) is 10.2. The van der Waals surface area contributed by atoms with Crippen molar-refractivity contribution in [1.29, 1.82) is 0 Å². The summed E-state index contributed by atoms with van der Waals surface area (Å²) in [5.41, 5.74) is 2.38. The number of aromatic nitrogens is 1. The van der Waals surface area contributed by atoms with Crippen molar-refractivity contribution in [1.82, 2.24) is 10.3 Å². The Balaban J connectivity index is 1.93. The number of halogens is 1. The fourth-order valence-corrected chi connectivity index (χ4v) is 2.23. The second-order valence-corrected chi connectivity index (χ2v) is 5.49. The van der Waals surface area contributed by atoms with Gasteiger partial charge in [0.25, 0.3) is 5.91 Å². The van der Waals surface area contributed by atoms with Crippen LogP contribution in [0.4, 0.5) is 5.69 Å². The summed E-state index contributed by atoms with van der Waals surface area (Å²) in [5, 5.41) is 6.09.